The van der Waals surface area contributed by atoms with E-state index in [1.807, 2.05) is 0 Å². The van der Waals surface area contributed by atoms with E-state index in [4.69, 9.17) is 4.74 Å². The molecule has 0 bridgehead atoms. The van der Waals surface area contributed by atoms with Crippen LogP contribution in [0, 0.1) is 0 Å². The zero-order valence-corrected chi connectivity index (χ0v) is 10.5. The lowest BCUT2D eigenvalue weighted by atomic mass is 9.98. The average molecular weight is 268 g/mol. The van der Waals surface area contributed by atoms with Gasteiger partial charge in [0.1, 0.15) is 23.9 Å². The van der Waals surface area contributed by atoms with Crippen molar-refractivity contribution in [3.05, 3.63) is 59.2 Å². The number of aromatic hydroxyl groups is 2. The second-order valence-corrected chi connectivity index (χ2v) is 4.56. The zero-order chi connectivity index (χ0) is 14.1. The molecule has 1 aliphatic heterocycles. The molecule has 0 fully saturated rings. The summed E-state index contributed by atoms with van der Waals surface area (Å²) in [5.41, 5.74) is 1.67. The summed E-state index contributed by atoms with van der Waals surface area (Å²) in [4.78, 5) is 12.3. The molecule has 0 saturated carbocycles. The van der Waals surface area contributed by atoms with E-state index in [-0.39, 0.29) is 23.9 Å². The smallest absolute Gasteiger partial charge is 0.196 e. The first-order valence-electron chi connectivity index (χ1n) is 6.13. The molecular weight excluding hydrogens is 256 g/mol. The SMILES string of the molecule is O=C1/C(=C/c2cccc(O)c2)COc2cc(O)ccc21. The van der Waals surface area contributed by atoms with Gasteiger partial charge >= 0.3 is 0 Å². The minimum Gasteiger partial charge on any atom is -0.508 e. The van der Waals surface area contributed by atoms with Crippen molar-refractivity contribution in [2.75, 3.05) is 6.61 Å². The summed E-state index contributed by atoms with van der Waals surface area (Å²) < 4.78 is 5.48. The van der Waals surface area contributed by atoms with Gasteiger partial charge in [0.2, 0.25) is 0 Å². The van der Waals surface area contributed by atoms with Gasteiger partial charge in [-0.05, 0) is 35.9 Å². The van der Waals surface area contributed by atoms with Crippen molar-refractivity contribution in [3.63, 3.8) is 0 Å². The number of rotatable bonds is 1. The predicted molar refractivity (Wildman–Crippen MR) is 74.0 cm³/mol. The number of ether oxygens (including phenoxy) is 1. The maximum Gasteiger partial charge on any atom is 0.196 e. The molecule has 0 radical (unpaired) electrons. The number of hydrogen-bond donors (Lipinski definition) is 2. The van der Waals surface area contributed by atoms with Gasteiger partial charge in [0.15, 0.2) is 5.78 Å². The number of hydrogen-bond acceptors (Lipinski definition) is 4. The minimum atomic E-state index is -0.130. The fraction of sp³-hybridized carbons (Fsp3) is 0.0625. The van der Waals surface area contributed by atoms with Gasteiger partial charge in [0.05, 0.1) is 5.56 Å². The molecule has 0 saturated heterocycles. The predicted octanol–water partition coefficient (Wildman–Crippen LogP) is 2.76. The molecule has 0 spiro atoms. The van der Waals surface area contributed by atoms with Gasteiger partial charge < -0.3 is 14.9 Å². The van der Waals surface area contributed by atoms with Crippen LogP contribution in [0.5, 0.6) is 17.2 Å². The van der Waals surface area contributed by atoms with E-state index >= 15 is 0 Å². The summed E-state index contributed by atoms with van der Waals surface area (Å²) in [7, 11) is 0. The summed E-state index contributed by atoms with van der Waals surface area (Å²) in [6.45, 7) is 0.144. The number of carbonyl (C=O) groups is 1. The Bertz CT molecular complexity index is 716. The first-order chi connectivity index (χ1) is 9.63. The standard InChI is InChI=1S/C16H12O4/c17-12-3-1-2-10(7-12)6-11-9-20-15-8-13(18)4-5-14(15)16(11)19/h1-8,17-18H,9H2/b11-6+. The van der Waals surface area contributed by atoms with Crippen LogP contribution in [0.4, 0.5) is 0 Å². The number of benzene rings is 2. The Balaban J connectivity index is 1.98. The normalized spacial score (nSPS) is 15.8. The van der Waals surface area contributed by atoms with E-state index < -0.39 is 0 Å². The number of fused-ring (bicyclic) bond motifs is 1. The van der Waals surface area contributed by atoms with Gasteiger partial charge in [-0.15, -0.1) is 0 Å². The van der Waals surface area contributed by atoms with Gasteiger partial charge in [-0.25, -0.2) is 0 Å². The quantitative estimate of drug-likeness (QED) is 0.780. The second-order valence-electron chi connectivity index (χ2n) is 4.56. The van der Waals surface area contributed by atoms with Crippen molar-refractivity contribution >= 4 is 11.9 Å². The third-order valence-electron chi connectivity index (χ3n) is 3.10. The first-order valence-corrected chi connectivity index (χ1v) is 6.13. The second kappa shape index (κ2) is 4.74. The number of carbonyl (C=O) groups excluding carboxylic acids is 1. The monoisotopic (exact) mass is 268 g/mol. The van der Waals surface area contributed by atoms with E-state index in [1.54, 1.807) is 36.4 Å². The van der Waals surface area contributed by atoms with Crippen LogP contribution in [-0.2, 0) is 0 Å². The molecular formula is C16H12O4. The van der Waals surface area contributed by atoms with Gasteiger partial charge in [0.25, 0.3) is 0 Å². The molecule has 100 valence electrons. The summed E-state index contributed by atoms with van der Waals surface area (Å²) in [6, 6.07) is 11.1. The highest BCUT2D eigenvalue weighted by Gasteiger charge is 2.23. The van der Waals surface area contributed by atoms with Gasteiger partial charge in [0, 0.05) is 11.6 Å². The highest BCUT2D eigenvalue weighted by atomic mass is 16.5. The largest absolute Gasteiger partial charge is 0.508 e. The Kier molecular flexibility index (Phi) is 2.91. The van der Waals surface area contributed by atoms with Gasteiger partial charge in [-0.3, -0.25) is 4.79 Å². The van der Waals surface area contributed by atoms with E-state index in [0.29, 0.717) is 16.9 Å². The summed E-state index contributed by atoms with van der Waals surface area (Å²) in [6.07, 6.45) is 1.69. The Morgan fingerprint density at radius 3 is 2.65 bits per heavy atom. The van der Waals surface area contributed by atoms with Crippen molar-refractivity contribution in [3.8, 4) is 17.2 Å². The molecule has 2 aromatic carbocycles. The molecule has 20 heavy (non-hydrogen) atoms. The minimum absolute atomic E-state index is 0.0666. The lowest BCUT2D eigenvalue weighted by molar-refractivity contribution is 0.100. The highest BCUT2D eigenvalue weighted by molar-refractivity contribution is 6.14. The van der Waals surface area contributed by atoms with E-state index in [2.05, 4.69) is 0 Å². The number of phenolic OH excluding ortho intramolecular Hbond substituents is 2. The third kappa shape index (κ3) is 2.23. The van der Waals surface area contributed by atoms with Crippen LogP contribution in [-0.4, -0.2) is 22.6 Å². The topological polar surface area (TPSA) is 66.8 Å². The summed E-state index contributed by atoms with van der Waals surface area (Å²) in [5, 5.41) is 18.8. The van der Waals surface area contributed by atoms with Crippen LogP contribution < -0.4 is 4.74 Å². The van der Waals surface area contributed by atoms with E-state index in [0.717, 1.165) is 5.56 Å². The molecule has 0 aromatic heterocycles. The van der Waals surface area contributed by atoms with Crippen LogP contribution in [0.25, 0.3) is 6.08 Å². The molecule has 0 unspecified atom stereocenters. The molecule has 2 N–H and O–H groups in total. The first kappa shape index (κ1) is 12.3. The van der Waals surface area contributed by atoms with Crippen molar-refractivity contribution in [2.45, 2.75) is 0 Å². The highest BCUT2D eigenvalue weighted by Crippen LogP contribution is 2.31. The average Bonchev–Trinajstić information content (AvgIpc) is 2.42. The van der Waals surface area contributed by atoms with E-state index in [1.165, 1.54) is 12.1 Å². The fourth-order valence-corrected chi connectivity index (χ4v) is 2.14. The Morgan fingerprint density at radius 1 is 1.05 bits per heavy atom. The molecule has 0 amide bonds. The Labute approximate surface area is 115 Å². The molecule has 1 heterocycles. The van der Waals surface area contributed by atoms with Crippen molar-refractivity contribution < 1.29 is 19.7 Å². The van der Waals surface area contributed by atoms with Gasteiger partial charge in [-0.1, -0.05) is 12.1 Å². The number of ketones is 1. The van der Waals surface area contributed by atoms with Crippen LogP contribution in [0.15, 0.2) is 48.0 Å². The fourth-order valence-electron chi connectivity index (χ4n) is 2.14. The maximum atomic E-state index is 12.3. The molecule has 0 atom stereocenters. The molecule has 3 rings (SSSR count). The molecule has 1 aliphatic rings. The van der Waals surface area contributed by atoms with Crippen LogP contribution in [0.1, 0.15) is 15.9 Å². The maximum absolute atomic E-state index is 12.3. The molecule has 2 aromatic rings. The lowest BCUT2D eigenvalue weighted by Crippen LogP contribution is -2.18. The van der Waals surface area contributed by atoms with Crippen LogP contribution in [0.3, 0.4) is 0 Å². The Hall–Kier alpha value is -2.75. The molecule has 0 aliphatic carbocycles. The number of Topliss-reactive ketones (excluding diaryl/α,β-unsaturated/α-hetero) is 1. The van der Waals surface area contributed by atoms with Crippen LogP contribution in [0.2, 0.25) is 0 Å². The van der Waals surface area contributed by atoms with Crippen molar-refractivity contribution in [2.24, 2.45) is 0 Å². The number of phenols is 2. The van der Waals surface area contributed by atoms with Crippen molar-refractivity contribution in [1.29, 1.82) is 0 Å². The van der Waals surface area contributed by atoms with Crippen molar-refractivity contribution in [1.82, 2.24) is 0 Å². The lowest BCUT2D eigenvalue weighted by Gasteiger charge is -2.18. The van der Waals surface area contributed by atoms with Gasteiger partial charge in [-0.2, -0.15) is 0 Å². The molecule has 4 heteroatoms. The third-order valence-corrected chi connectivity index (χ3v) is 3.10. The summed E-state index contributed by atoms with van der Waals surface area (Å²) >= 11 is 0. The zero-order valence-electron chi connectivity index (χ0n) is 10.5. The summed E-state index contributed by atoms with van der Waals surface area (Å²) in [5.74, 6) is 0.475. The van der Waals surface area contributed by atoms with E-state index in [9.17, 15) is 15.0 Å². The Morgan fingerprint density at radius 2 is 1.85 bits per heavy atom. The van der Waals surface area contributed by atoms with Crippen LogP contribution >= 0.6 is 0 Å². The molecule has 4 nitrogen and oxygen atoms in total.